The Kier molecular flexibility index (Phi) is 4.29. The minimum Gasteiger partial charge on any atom is -0.387 e. The van der Waals surface area contributed by atoms with Crippen LogP contribution in [0.5, 0.6) is 0 Å². The number of thiophene rings is 1. The molecule has 3 heteroatoms. The monoisotopic (exact) mass is 350 g/mol. The van der Waals surface area contributed by atoms with Crippen LogP contribution in [0.1, 0.15) is 48.6 Å². The molecule has 1 atom stereocenters. The molecule has 1 heterocycles. The molecule has 0 bridgehead atoms. The van der Waals surface area contributed by atoms with Crippen molar-refractivity contribution in [3.8, 4) is 0 Å². The quantitative estimate of drug-likeness (QED) is 0.780. The number of aliphatic hydroxyl groups is 1. The van der Waals surface area contributed by atoms with Gasteiger partial charge in [-0.1, -0.05) is 49.6 Å². The Balaban J connectivity index is 2.04. The van der Waals surface area contributed by atoms with Crippen molar-refractivity contribution >= 4 is 27.3 Å². The molecule has 0 aliphatic heterocycles. The van der Waals surface area contributed by atoms with E-state index in [-0.39, 0.29) is 5.41 Å². The first-order chi connectivity index (χ1) is 9.74. The number of halogens is 1. The molecule has 3 rings (SSSR count). The van der Waals surface area contributed by atoms with Crippen LogP contribution in [-0.2, 0) is 5.41 Å². The molecule has 0 radical (unpaired) electrons. The van der Waals surface area contributed by atoms with Crippen LogP contribution in [-0.4, -0.2) is 5.11 Å². The molecule has 1 saturated carbocycles. The second-order valence-corrected chi connectivity index (χ2v) is 7.42. The van der Waals surface area contributed by atoms with E-state index in [1.165, 1.54) is 24.8 Å². The number of aliphatic hydroxyl groups excluding tert-OH is 1. The molecule has 106 valence electrons. The molecule has 0 spiro atoms. The van der Waals surface area contributed by atoms with Crippen LogP contribution in [0.3, 0.4) is 0 Å². The summed E-state index contributed by atoms with van der Waals surface area (Å²) in [6.07, 6.45) is 5.42. The summed E-state index contributed by atoms with van der Waals surface area (Å²) < 4.78 is 1.04. The van der Waals surface area contributed by atoms with Crippen molar-refractivity contribution in [1.29, 1.82) is 0 Å². The van der Waals surface area contributed by atoms with E-state index in [9.17, 15) is 5.11 Å². The zero-order valence-corrected chi connectivity index (χ0v) is 13.8. The molecule has 1 aromatic carbocycles. The number of rotatable bonds is 3. The van der Waals surface area contributed by atoms with Gasteiger partial charge >= 0.3 is 0 Å². The zero-order valence-electron chi connectivity index (χ0n) is 11.4. The lowest BCUT2D eigenvalue weighted by Gasteiger charge is -2.41. The maximum Gasteiger partial charge on any atom is 0.0989 e. The first-order valence-electron chi connectivity index (χ1n) is 7.20. The van der Waals surface area contributed by atoms with Gasteiger partial charge in [0.25, 0.3) is 0 Å². The van der Waals surface area contributed by atoms with Crippen molar-refractivity contribution in [2.24, 2.45) is 0 Å². The predicted octanol–water partition coefficient (Wildman–Crippen LogP) is 5.45. The van der Waals surface area contributed by atoms with Gasteiger partial charge in [0.05, 0.1) is 6.10 Å². The van der Waals surface area contributed by atoms with Crippen LogP contribution in [0.25, 0.3) is 0 Å². The Hall–Kier alpha value is -0.640. The molecule has 1 nitrogen and oxygen atoms in total. The second-order valence-electron chi connectivity index (χ2n) is 5.62. The summed E-state index contributed by atoms with van der Waals surface area (Å²) in [5.74, 6) is 0. The van der Waals surface area contributed by atoms with Crippen LogP contribution in [0.2, 0.25) is 0 Å². The highest BCUT2D eigenvalue weighted by Gasteiger charge is 2.42. The molecule has 1 unspecified atom stereocenters. The van der Waals surface area contributed by atoms with E-state index in [2.05, 4.69) is 40.2 Å². The van der Waals surface area contributed by atoms with Crippen LogP contribution < -0.4 is 0 Å². The summed E-state index contributed by atoms with van der Waals surface area (Å²) in [4.78, 5) is 1.07. The molecule has 20 heavy (non-hydrogen) atoms. The molecule has 0 saturated heterocycles. The molecule has 1 aromatic heterocycles. The average Bonchev–Trinajstić information content (AvgIpc) is 2.94. The van der Waals surface area contributed by atoms with Gasteiger partial charge in [-0.05, 0) is 45.8 Å². The van der Waals surface area contributed by atoms with Gasteiger partial charge in [-0.25, -0.2) is 0 Å². The van der Waals surface area contributed by atoms with Gasteiger partial charge in [-0.3, -0.25) is 0 Å². The van der Waals surface area contributed by atoms with Gasteiger partial charge in [0, 0.05) is 14.8 Å². The van der Waals surface area contributed by atoms with Crippen LogP contribution in [0, 0.1) is 0 Å². The van der Waals surface area contributed by atoms with Crippen molar-refractivity contribution in [1.82, 2.24) is 0 Å². The first-order valence-corrected chi connectivity index (χ1v) is 8.88. The molecule has 0 amide bonds. The van der Waals surface area contributed by atoms with Gasteiger partial charge in [-0.2, -0.15) is 0 Å². The lowest BCUT2D eigenvalue weighted by Crippen LogP contribution is -2.35. The molecule has 1 aliphatic rings. The van der Waals surface area contributed by atoms with E-state index < -0.39 is 6.10 Å². The molecular weight excluding hydrogens is 332 g/mol. The summed E-state index contributed by atoms with van der Waals surface area (Å²) in [6.45, 7) is 0. The molecule has 1 fully saturated rings. The third-order valence-electron chi connectivity index (χ3n) is 4.51. The SMILES string of the molecule is OC(c1sccc1Br)C1(c2ccccc2)CCCCC1. The normalized spacial score (nSPS) is 19.7. The Morgan fingerprint density at radius 3 is 2.35 bits per heavy atom. The summed E-state index contributed by atoms with van der Waals surface area (Å²) in [7, 11) is 0. The van der Waals surface area contributed by atoms with Crippen molar-refractivity contribution in [2.75, 3.05) is 0 Å². The molecule has 1 N–H and O–H groups in total. The molecular formula is C17H19BrOS. The summed E-state index contributed by atoms with van der Waals surface area (Å²) >= 11 is 5.23. The summed E-state index contributed by atoms with van der Waals surface area (Å²) in [6, 6.07) is 12.6. The Labute approximate surface area is 132 Å². The van der Waals surface area contributed by atoms with E-state index in [1.54, 1.807) is 11.3 Å². The number of benzene rings is 1. The van der Waals surface area contributed by atoms with Crippen LogP contribution >= 0.6 is 27.3 Å². The fraction of sp³-hybridized carbons (Fsp3) is 0.412. The molecule has 1 aliphatic carbocycles. The Morgan fingerprint density at radius 2 is 1.75 bits per heavy atom. The van der Waals surface area contributed by atoms with E-state index >= 15 is 0 Å². The minimum absolute atomic E-state index is 0.118. The standard InChI is InChI=1S/C17H19BrOS/c18-14-9-12-20-15(14)16(19)17(10-5-2-6-11-17)13-7-3-1-4-8-13/h1,3-4,7-9,12,16,19H,2,5-6,10-11H2. The maximum atomic E-state index is 11.1. The third-order valence-corrected chi connectivity index (χ3v) is 6.43. The lowest BCUT2D eigenvalue weighted by molar-refractivity contribution is 0.0551. The Morgan fingerprint density at radius 1 is 1.05 bits per heavy atom. The first kappa shape index (κ1) is 14.3. The molecule has 2 aromatic rings. The van der Waals surface area contributed by atoms with E-state index in [4.69, 9.17) is 0 Å². The summed E-state index contributed by atoms with van der Waals surface area (Å²) in [5.41, 5.74) is 1.17. The second kappa shape index (κ2) is 6.00. The fourth-order valence-corrected chi connectivity index (χ4v) is 5.11. The van der Waals surface area contributed by atoms with E-state index in [1.807, 2.05) is 17.5 Å². The van der Waals surface area contributed by atoms with Gasteiger partial charge in [0.15, 0.2) is 0 Å². The van der Waals surface area contributed by atoms with Gasteiger partial charge in [0.1, 0.15) is 0 Å². The van der Waals surface area contributed by atoms with Crippen molar-refractivity contribution in [2.45, 2.75) is 43.6 Å². The summed E-state index contributed by atoms with van der Waals surface area (Å²) in [5, 5.41) is 13.1. The Bertz CT molecular complexity index is 557. The maximum absolute atomic E-state index is 11.1. The highest BCUT2D eigenvalue weighted by atomic mass is 79.9. The number of hydrogen-bond donors (Lipinski definition) is 1. The third kappa shape index (κ3) is 2.47. The van der Waals surface area contributed by atoms with Gasteiger partial charge in [-0.15, -0.1) is 11.3 Å². The zero-order chi connectivity index (χ0) is 14.0. The highest BCUT2D eigenvalue weighted by molar-refractivity contribution is 9.10. The fourth-order valence-electron chi connectivity index (χ4n) is 3.42. The van der Waals surface area contributed by atoms with Crippen molar-refractivity contribution in [3.63, 3.8) is 0 Å². The average molecular weight is 351 g/mol. The van der Waals surface area contributed by atoms with Gasteiger partial charge < -0.3 is 5.11 Å². The van der Waals surface area contributed by atoms with Crippen LogP contribution in [0.4, 0.5) is 0 Å². The van der Waals surface area contributed by atoms with E-state index in [0.717, 1.165) is 22.2 Å². The predicted molar refractivity (Wildman–Crippen MR) is 88.2 cm³/mol. The van der Waals surface area contributed by atoms with E-state index in [0.29, 0.717) is 0 Å². The van der Waals surface area contributed by atoms with Crippen LogP contribution in [0.15, 0.2) is 46.3 Å². The topological polar surface area (TPSA) is 20.2 Å². The smallest absolute Gasteiger partial charge is 0.0989 e. The number of hydrogen-bond acceptors (Lipinski definition) is 2. The van der Waals surface area contributed by atoms with Gasteiger partial charge in [0.2, 0.25) is 0 Å². The highest BCUT2D eigenvalue weighted by Crippen LogP contribution is 2.50. The van der Waals surface area contributed by atoms with Crippen molar-refractivity contribution in [3.05, 3.63) is 56.7 Å². The largest absolute Gasteiger partial charge is 0.387 e. The minimum atomic E-state index is -0.417. The lowest BCUT2D eigenvalue weighted by atomic mass is 9.65. The van der Waals surface area contributed by atoms with Crippen molar-refractivity contribution < 1.29 is 5.11 Å².